The summed E-state index contributed by atoms with van der Waals surface area (Å²) in [5.41, 5.74) is 1.66. The first kappa shape index (κ1) is 21.3. The van der Waals surface area contributed by atoms with Gasteiger partial charge in [0.2, 0.25) is 0 Å². The molecule has 0 spiro atoms. The number of urea groups is 1. The molecular formula is C23H21ClFN3O2. The molecule has 0 aliphatic rings. The van der Waals surface area contributed by atoms with E-state index in [4.69, 9.17) is 11.6 Å². The second-order valence-corrected chi connectivity index (χ2v) is 6.98. The predicted molar refractivity (Wildman–Crippen MR) is 118 cm³/mol. The van der Waals surface area contributed by atoms with Gasteiger partial charge in [0.05, 0.1) is 0 Å². The van der Waals surface area contributed by atoms with Gasteiger partial charge < -0.3 is 15.5 Å². The summed E-state index contributed by atoms with van der Waals surface area (Å²) in [6.07, 6.45) is 0.533. The van der Waals surface area contributed by atoms with Crippen molar-refractivity contribution in [1.82, 2.24) is 5.32 Å². The molecule has 3 aromatic rings. The summed E-state index contributed by atoms with van der Waals surface area (Å²) >= 11 is 5.92. The molecule has 0 bridgehead atoms. The fourth-order valence-electron chi connectivity index (χ4n) is 2.88. The molecule has 2 N–H and O–H groups in total. The lowest BCUT2D eigenvalue weighted by molar-refractivity contribution is 0.0986. The maximum absolute atomic E-state index is 13.2. The van der Waals surface area contributed by atoms with E-state index in [0.717, 1.165) is 5.69 Å². The van der Waals surface area contributed by atoms with Crippen LogP contribution in [0.5, 0.6) is 0 Å². The molecule has 3 amide bonds. The third-order valence-corrected chi connectivity index (χ3v) is 4.58. The Labute approximate surface area is 179 Å². The van der Waals surface area contributed by atoms with Gasteiger partial charge in [-0.25, -0.2) is 9.18 Å². The van der Waals surface area contributed by atoms with E-state index in [9.17, 15) is 14.0 Å². The molecule has 3 rings (SSSR count). The van der Waals surface area contributed by atoms with Crippen molar-refractivity contribution < 1.29 is 14.0 Å². The maximum Gasteiger partial charge on any atom is 0.319 e. The fraction of sp³-hybridized carbons (Fsp3) is 0.130. The number of carbonyl (C=O) groups is 2. The van der Waals surface area contributed by atoms with Gasteiger partial charge in [-0.05, 0) is 61.0 Å². The first-order valence-electron chi connectivity index (χ1n) is 9.46. The highest BCUT2D eigenvalue weighted by atomic mass is 35.5. The number of amides is 3. The Morgan fingerprint density at radius 3 is 2.37 bits per heavy atom. The van der Waals surface area contributed by atoms with E-state index in [-0.39, 0.29) is 5.91 Å². The quantitative estimate of drug-likeness (QED) is 0.502. The highest BCUT2D eigenvalue weighted by Crippen LogP contribution is 2.18. The van der Waals surface area contributed by atoms with Crippen molar-refractivity contribution in [2.45, 2.75) is 6.42 Å². The van der Waals surface area contributed by atoms with Crippen LogP contribution in [0.25, 0.3) is 0 Å². The van der Waals surface area contributed by atoms with Crippen LogP contribution in [0, 0.1) is 5.82 Å². The lowest BCUT2D eigenvalue weighted by Crippen LogP contribution is -2.35. The fourth-order valence-corrected chi connectivity index (χ4v) is 3.01. The second kappa shape index (κ2) is 10.4. The van der Waals surface area contributed by atoms with Gasteiger partial charge in [0.15, 0.2) is 0 Å². The van der Waals surface area contributed by atoms with Crippen molar-refractivity contribution in [2.24, 2.45) is 0 Å². The lowest BCUT2D eigenvalue weighted by Gasteiger charge is -2.23. The van der Waals surface area contributed by atoms with Crippen LogP contribution in [0.15, 0.2) is 78.9 Å². The summed E-state index contributed by atoms with van der Waals surface area (Å²) in [5, 5.41) is 5.85. The third-order valence-electron chi connectivity index (χ3n) is 4.33. The molecule has 0 atom stereocenters. The average Bonchev–Trinajstić information content (AvgIpc) is 2.74. The number of carbonyl (C=O) groups excluding carboxylic acids is 2. The van der Waals surface area contributed by atoms with Crippen LogP contribution < -0.4 is 15.5 Å². The van der Waals surface area contributed by atoms with Gasteiger partial charge in [-0.3, -0.25) is 4.79 Å². The largest absolute Gasteiger partial charge is 0.338 e. The molecule has 7 heteroatoms. The normalized spacial score (nSPS) is 10.3. The molecule has 0 unspecified atom stereocenters. The molecule has 0 heterocycles. The van der Waals surface area contributed by atoms with E-state index in [1.54, 1.807) is 35.2 Å². The van der Waals surface area contributed by atoms with Crippen molar-refractivity contribution in [3.63, 3.8) is 0 Å². The number of halogens is 2. The Hall–Kier alpha value is -3.38. The number of benzene rings is 3. The van der Waals surface area contributed by atoms with Crippen molar-refractivity contribution in [1.29, 1.82) is 0 Å². The van der Waals surface area contributed by atoms with Crippen LogP contribution in [0.2, 0.25) is 5.02 Å². The Bertz CT molecular complexity index is 997. The van der Waals surface area contributed by atoms with E-state index in [2.05, 4.69) is 10.6 Å². The highest BCUT2D eigenvalue weighted by Gasteiger charge is 2.17. The minimum absolute atomic E-state index is 0.151. The van der Waals surface area contributed by atoms with Crippen LogP contribution in [0.3, 0.4) is 0 Å². The van der Waals surface area contributed by atoms with E-state index in [1.165, 1.54) is 18.2 Å². The van der Waals surface area contributed by atoms with Gasteiger partial charge in [0.25, 0.3) is 5.91 Å². The first-order valence-corrected chi connectivity index (χ1v) is 9.83. The number of hydrogen-bond donors (Lipinski definition) is 2. The zero-order valence-corrected chi connectivity index (χ0v) is 16.9. The summed E-state index contributed by atoms with van der Waals surface area (Å²) in [4.78, 5) is 26.7. The van der Waals surface area contributed by atoms with Crippen molar-refractivity contribution >= 4 is 34.9 Å². The molecule has 0 radical (unpaired) electrons. The van der Waals surface area contributed by atoms with E-state index >= 15 is 0 Å². The Morgan fingerprint density at radius 2 is 1.67 bits per heavy atom. The van der Waals surface area contributed by atoms with E-state index in [1.807, 2.05) is 30.3 Å². The van der Waals surface area contributed by atoms with Crippen LogP contribution in [0.1, 0.15) is 16.8 Å². The average molecular weight is 426 g/mol. The summed E-state index contributed by atoms with van der Waals surface area (Å²) in [6, 6.07) is 21.3. The van der Waals surface area contributed by atoms with Crippen LogP contribution >= 0.6 is 11.6 Å². The smallest absolute Gasteiger partial charge is 0.319 e. The number of para-hydroxylation sites is 1. The molecule has 0 aliphatic carbocycles. The molecule has 0 saturated carbocycles. The van der Waals surface area contributed by atoms with Crippen molar-refractivity contribution in [3.05, 3.63) is 95.3 Å². The molecule has 154 valence electrons. The van der Waals surface area contributed by atoms with Gasteiger partial charge in [-0.15, -0.1) is 0 Å². The standard InChI is InChI=1S/C23H21ClFN3O2/c24-18-12-10-17(11-13-18)22(29)28(21-8-2-1-3-9-21)15-5-14-26-23(30)27-20-7-4-6-19(25)16-20/h1-4,6-13,16H,5,14-15H2,(H2,26,27,30). The van der Waals surface area contributed by atoms with E-state index < -0.39 is 11.8 Å². The second-order valence-electron chi connectivity index (χ2n) is 6.54. The molecule has 30 heavy (non-hydrogen) atoms. The topological polar surface area (TPSA) is 61.4 Å². The SMILES string of the molecule is O=C(NCCCN(C(=O)c1ccc(Cl)cc1)c1ccccc1)Nc1cccc(F)c1. The molecule has 0 aliphatic heterocycles. The predicted octanol–water partition coefficient (Wildman–Crippen LogP) is 5.34. The number of rotatable bonds is 7. The minimum Gasteiger partial charge on any atom is -0.338 e. The highest BCUT2D eigenvalue weighted by molar-refractivity contribution is 6.30. The Kier molecular flexibility index (Phi) is 7.40. The van der Waals surface area contributed by atoms with Crippen molar-refractivity contribution in [3.8, 4) is 0 Å². The first-order chi connectivity index (χ1) is 14.5. The van der Waals surface area contributed by atoms with Crippen LogP contribution in [0.4, 0.5) is 20.6 Å². The molecule has 0 saturated heterocycles. The molecule has 3 aromatic carbocycles. The molecule has 5 nitrogen and oxygen atoms in total. The van der Waals surface area contributed by atoms with Gasteiger partial charge in [0, 0.05) is 35.1 Å². The summed E-state index contributed by atoms with van der Waals surface area (Å²) in [7, 11) is 0. The number of anilines is 2. The van der Waals surface area contributed by atoms with Gasteiger partial charge in [0.1, 0.15) is 5.82 Å². The monoisotopic (exact) mass is 425 g/mol. The third kappa shape index (κ3) is 6.06. The summed E-state index contributed by atoms with van der Waals surface area (Å²) in [6.45, 7) is 0.754. The van der Waals surface area contributed by atoms with Crippen LogP contribution in [-0.4, -0.2) is 25.0 Å². The molecule has 0 aromatic heterocycles. The number of nitrogens with zero attached hydrogens (tertiary/aromatic N) is 1. The molecule has 0 fully saturated rings. The lowest BCUT2D eigenvalue weighted by atomic mass is 10.1. The van der Waals surface area contributed by atoms with Crippen LogP contribution in [-0.2, 0) is 0 Å². The number of nitrogens with one attached hydrogen (secondary N) is 2. The van der Waals surface area contributed by atoms with Gasteiger partial charge in [-0.2, -0.15) is 0 Å². The Morgan fingerprint density at radius 1 is 0.933 bits per heavy atom. The van der Waals surface area contributed by atoms with Gasteiger partial charge in [-0.1, -0.05) is 35.9 Å². The number of hydrogen-bond acceptors (Lipinski definition) is 2. The summed E-state index contributed by atoms with van der Waals surface area (Å²) < 4.78 is 13.2. The Balaban J connectivity index is 1.58. The maximum atomic E-state index is 13.2. The summed E-state index contributed by atoms with van der Waals surface area (Å²) in [5.74, 6) is -0.575. The zero-order chi connectivity index (χ0) is 21.3. The van der Waals surface area contributed by atoms with Crippen molar-refractivity contribution in [2.75, 3.05) is 23.3 Å². The van der Waals surface area contributed by atoms with E-state index in [0.29, 0.717) is 35.8 Å². The molecular weight excluding hydrogens is 405 g/mol. The zero-order valence-electron chi connectivity index (χ0n) is 16.1. The van der Waals surface area contributed by atoms with Gasteiger partial charge >= 0.3 is 6.03 Å². The minimum atomic E-state index is -0.434.